The number of carbonyl (C=O) groups excluding carboxylic acids is 2. The first-order valence-corrected chi connectivity index (χ1v) is 14.4. The van der Waals surface area contributed by atoms with E-state index in [-0.39, 0.29) is 17.6 Å². The number of amides is 2. The van der Waals surface area contributed by atoms with Crippen LogP contribution in [0.3, 0.4) is 0 Å². The van der Waals surface area contributed by atoms with Gasteiger partial charge in [-0.05, 0) is 66.8 Å². The van der Waals surface area contributed by atoms with Crippen molar-refractivity contribution < 1.29 is 14.0 Å². The molecule has 1 fully saturated rings. The number of para-hydroxylation sites is 1. The highest BCUT2D eigenvalue weighted by Gasteiger charge is 2.25. The van der Waals surface area contributed by atoms with E-state index in [4.69, 9.17) is 11.6 Å². The fourth-order valence-electron chi connectivity index (χ4n) is 5.67. The van der Waals surface area contributed by atoms with Crippen LogP contribution in [0.5, 0.6) is 0 Å². The van der Waals surface area contributed by atoms with Crippen LogP contribution >= 0.6 is 11.6 Å². The molecule has 0 atom stereocenters. The molecule has 6 nitrogen and oxygen atoms in total. The molecule has 0 saturated carbocycles. The van der Waals surface area contributed by atoms with E-state index in [1.54, 1.807) is 24.0 Å². The third kappa shape index (κ3) is 6.65. The summed E-state index contributed by atoms with van der Waals surface area (Å²) in [7, 11) is 0. The van der Waals surface area contributed by atoms with E-state index in [1.165, 1.54) is 12.1 Å². The largest absolute Gasteiger partial charge is 0.372 e. The van der Waals surface area contributed by atoms with Crippen LogP contribution in [-0.4, -0.2) is 60.9 Å². The first-order valence-electron chi connectivity index (χ1n) is 14.1. The molecule has 0 unspecified atom stereocenters. The Hall–Kier alpha value is -3.42. The average molecular weight is 563 g/mol. The van der Waals surface area contributed by atoms with Gasteiger partial charge in [0.15, 0.2) is 0 Å². The number of benzene rings is 3. The molecule has 210 valence electrons. The Bertz CT molecular complexity index is 1340. The van der Waals surface area contributed by atoms with Gasteiger partial charge in [0.1, 0.15) is 5.82 Å². The van der Waals surface area contributed by atoms with Crippen molar-refractivity contribution in [3.05, 3.63) is 94.3 Å². The number of halogens is 2. The molecule has 0 spiro atoms. The summed E-state index contributed by atoms with van der Waals surface area (Å²) in [6.07, 6.45) is 3.06. The highest BCUT2D eigenvalue weighted by Crippen LogP contribution is 2.29. The Kier molecular flexibility index (Phi) is 9.02. The molecule has 0 aliphatic carbocycles. The molecule has 8 heteroatoms. The van der Waals surface area contributed by atoms with Crippen LogP contribution < -0.4 is 9.80 Å². The van der Waals surface area contributed by atoms with Crippen LogP contribution in [0.1, 0.15) is 47.7 Å². The monoisotopic (exact) mass is 562 g/mol. The number of nitrogens with zero attached hydrogens (tertiary/aromatic N) is 4. The SMILES string of the molecule is CC(=O)N1CCCN(Cc2ccc(F)cc2)CCN(C(=O)c2cc(N3CCCC3)ccc2Cl)Cc2ccccc21. The second-order valence-corrected chi connectivity index (χ2v) is 11.0. The molecule has 2 amide bonds. The third-order valence-electron chi connectivity index (χ3n) is 7.82. The molecule has 2 heterocycles. The van der Waals surface area contributed by atoms with Gasteiger partial charge in [-0.25, -0.2) is 4.39 Å². The summed E-state index contributed by atoms with van der Waals surface area (Å²) in [5.41, 5.74) is 4.26. The lowest BCUT2D eigenvalue weighted by Gasteiger charge is -2.29. The van der Waals surface area contributed by atoms with Crippen molar-refractivity contribution in [3.8, 4) is 0 Å². The van der Waals surface area contributed by atoms with Crippen molar-refractivity contribution in [1.82, 2.24) is 9.80 Å². The molecule has 0 N–H and O–H groups in total. The predicted octanol–water partition coefficient (Wildman–Crippen LogP) is 5.98. The zero-order valence-electron chi connectivity index (χ0n) is 23.0. The molecule has 3 aromatic carbocycles. The summed E-state index contributed by atoms with van der Waals surface area (Å²) >= 11 is 6.63. The van der Waals surface area contributed by atoms with Crippen LogP contribution in [0, 0.1) is 5.82 Å². The van der Waals surface area contributed by atoms with E-state index in [1.807, 2.05) is 47.4 Å². The number of rotatable bonds is 4. The molecule has 5 rings (SSSR count). The molecule has 2 aliphatic heterocycles. The number of carbonyl (C=O) groups is 2. The summed E-state index contributed by atoms with van der Waals surface area (Å²) in [6, 6.07) is 20.1. The normalized spacial score (nSPS) is 16.9. The Morgan fingerprint density at radius 1 is 0.850 bits per heavy atom. The molecular formula is C32H36ClFN4O2. The van der Waals surface area contributed by atoms with E-state index in [0.29, 0.717) is 43.3 Å². The van der Waals surface area contributed by atoms with Crippen molar-refractivity contribution in [2.24, 2.45) is 0 Å². The Morgan fingerprint density at radius 2 is 1.60 bits per heavy atom. The lowest BCUT2D eigenvalue weighted by Crippen LogP contribution is -2.38. The molecule has 1 saturated heterocycles. The number of hydrogen-bond acceptors (Lipinski definition) is 4. The van der Waals surface area contributed by atoms with Crippen LogP contribution in [0.4, 0.5) is 15.8 Å². The first-order chi connectivity index (χ1) is 19.4. The highest BCUT2D eigenvalue weighted by molar-refractivity contribution is 6.34. The summed E-state index contributed by atoms with van der Waals surface area (Å²) in [4.78, 5) is 35.1. The third-order valence-corrected chi connectivity index (χ3v) is 8.15. The first kappa shape index (κ1) is 28.1. The van der Waals surface area contributed by atoms with Crippen molar-refractivity contribution >= 4 is 34.8 Å². The Morgan fingerprint density at radius 3 is 2.35 bits per heavy atom. The highest BCUT2D eigenvalue weighted by atomic mass is 35.5. The minimum Gasteiger partial charge on any atom is -0.372 e. The summed E-state index contributed by atoms with van der Waals surface area (Å²) in [6.45, 7) is 6.94. The van der Waals surface area contributed by atoms with Crippen molar-refractivity contribution in [3.63, 3.8) is 0 Å². The number of anilines is 2. The zero-order valence-corrected chi connectivity index (χ0v) is 23.7. The fourth-order valence-corrected chi connectivity index (χ4v) is 5.86. The van der Waals surface area contributed by atoms with Gasteiger partial charge < -0.3 is 14.7 Å². The molecule has 0 radical (unpaired) electrons. The molecule has 0 bridgehead atoms. The van der Waals surface area contributed by atoms with Gasteiger partial charge in [-0.1, -0.05) is 41.9 Å². The maximum absolute atomic E-state index is 14.1. The minimum absolute atomic E-state index is 0.0315. The van der Waals surface area contributed by atoms with E-state index >= 15 is 0 Å². The van der Waals surface area contributed by atoms with E-state index < -0.39 is 0 Å². The standard InChI is InChI=1S/C32H36ClFN4O2/c1-24(39)38-18-6-15-35(22-25-9-11-27(34)12-10-25)19-20-37(23-26-7-2-3-8-31(26)38)32(40)29-21-28(13-14-30(29)33)36-16-4-5-17-36/h2-3,7-14,21H,4-6,15-20,22-23H2,1H3. The lowest BCUT2D eigenvalue weighted by atomic mass is 10.1. The zero-order chi connectivity index (χ0) is 28.1. The second kappa shape index (κ2) is 12.8. The summed E-state index contributed by atoms with van der Waals surface area (Å²) in [5, 5.41) is 0.434. The van der Waals surface area contributed by atoms with Gasteiger partial charge >= 0.3 is 0 Å². The predicted molar refractivity (Wildman–Crippen MR) is 158 cm³/mol. The Balaban J connectivity index is 1.47. The van der Waals surface area contributed by atoms with Crippen LogP contribution in [0.25, 0.3) is 0 Å². The van der Waals surface area contributed by atoms with Gasteiger partial charge in [-0.15, -0.1) is 0 Å². The molecule has 40 heavy (non-hydrogen) atoms. The van der Waals surface area contributed by atoms with Gasteiger partial charge in [-0.2, -0.15) is 0 Å². The number of fused-ring (bicyclic) bond motifs is 1. The quantitative estimate of drug-likeness (QED) is 0.392. The maximum Gasteiger partial charge on any atom is 0.255 e. The van der Waals surface area contributed by atoms with E-state index in [0.717, 1.165) is 61.4 Å². The van der Waals surface area contributed by atoms with Gasteiger partial charge in [0.05, 0.1) is 10.6 Å². The molecular weight excluding hydrogens is 527 g/mol. The molecule has 3 aromatic rings. The van der Waals surface area contributed by atoms with Crippen molar-refractivity contribution in [2.45, 2.75) is 39.3 Å². The molecule has 0 aromatic heterocycles. The molecule has 2 aliphatic rings. The smallest absolute Gasteiger partial charge is 0.255 e. The van der Waals surface area contributed by atoms with Gasteiger partial charge in [-0.3, -0.25) is 14.5 Å². The van der Waals surface area contributed by atoms with Crippen molar-refractivity contribution in [1.29, 1.82) is 0 Å². The average Bonchev–Trinajstić information content (AvgIpc) is 3.48. The van der Waals surface area contributed by atoms with Gasteiger partial charge in [0.2, 0.25) is 5.91 Å². The van der Waals surface area contributed by atoms with Gasteiger partial charge in [0.25, 0.3) is 5.91 Å². The summed E-state index contributed by atoms with van der Waals surface area (Å²) in [5.74, 6) is -0.423. The van der Waals surface area contributed by atoms with Crippen LogP contribution in [-0.2, 0) is 17.9 Å². The van der Waals surface area contributed by atoms with Gasteiger partial charge in [0, 0.05) is 70.7 Å². The topological polar surface area (TPSA) is 47.1 Å². The fraction of sp³-hybridized carbons (Fsp3) is 0.375. The maximum atomic E-state index is 14.1. The van der Waals surface area contributed by atoms with Crippen LogP contribution in [0.2, 0.25) is 5.02 Å². The number of hydrogen-bond donors (Lipinski definition) is 0. The van der Waals surface area contributed by atoms with Crippen LogP contribution in [0.15, 0.2) is 66.7 Å². The Labute approximate surface area is 240 Å². The second-order valence-electron chi connectivity index (χ2n) is 10.6. The van der Waals surface area contributed by atoms with Crippen molar-refractivity contribution in [2.75, 3.05) is 49.1 Å². The van der Waals surface area contributed by atoms with E-state index in [2.05, 4.69) is 9.80 Å². The minimum atomic E-state index is -0.263. The lowest BCUT2D eigenvalue weighted by molar-refractivity contribution is -0.116. The van der Waals surface area contributed by atoms with E-state index in [9.17, 15) is 14.0 Å². The summed E-state index contributed by atoms with van der Waals surface area (Å²) < 4.78 is 13.5.